The molecule has 12 atom stereocenters. The Morgan fingerprint density at radius 2 is 1.07 bits per heavy atom. The van der Waals surface area contributed by atoms with Gasteiger partial charge in [0.15, 0.2) is 5.43 Å². The first-order valence-corrected chi connectivity index (χ1v) is 44.1. The number of aliphatic hydroxyl groups excluding tert-OH is 2. The molecular formula is C76H100N9O37P3. The number of nitrogens with zero attached hydrogens (tertiary/aromatic N) is 4. The van der Waals surface area contributed by atoms with Gasteiger partial charge in [-0.05, 0) is 79.9 Å². The highest BCUT2D eigenvalue weighted by molar-refractivity contribution is 7.48. The number of phosphoric ester groups is 3. The smallest absolute Gasteiger partial charge is 0.472 e. The van der Waals surface area contributed by atoms with Gasteiger partial charge in [-0.3, -0.25) is 74.8 Å². The molecular weight excluding hydrogens is 1720 g/mol. The van der Waals surface area contributed by atoms with Crippen molar-refractivity contribution in [1.29, 1.82) is 0 Å². The quantitative estimate of drug-likeness (QED) is 0.0112. The van der Waals surface area contributed by atoms with Gasteiger partial charge in [-0.2, -0.15) is 4.98 Å². The van der Waals surface area contributed by atoms with Crippen molar-refractivity contribution >= 4 is 64.1 Å². The van der Waals surface area contributed by atoms with Crippen molar-refractivity contribution in [3.8, 4) is 28.2 Å². The molecule has 7 heterocycles. The Hall–Kier alpha value is -9.07. The third kappa shape index (κ3) is 30.6. The number of carboxylic acid groups (broad SMARTS) is 1. The van der Waals surface area contributed by atoms with Gasteiger partial charge in [-0.15, -0.1) is 0 Å². The standard InChI is InChI=1S/C76H100N9O37P3/c1-47-42-84(75(97)81-70(47)91)67-40-56(88)61(119-67)44-112-29-28-108-23-22-106-19-18-105-20-21-107-24-25-109-31-34-114-124(101,102)117-46-63-60(122-125(103,104)115-35-32-111-27-26-110-30-33-113-123(99,100)116-45-62-57(89)39-66(120-62)83-17-14-64(77)80-74(83)96)41-68(121-63)85-43-49(72(93)82-76(85)98)7-13-65(90)78-15-4-2-3-5-16-79-71(92)48-6-10-52(73(94)95)55(36-48)69-53-11-8-50(86)37-58(53)118-59-38-51(87)9-12-54(59)69/h6-14,17,36-38,42-43,56-57,60-63,66-68,86,88-89H,2-5,15-16,18-35,39-41,44-46H2,1H3,(H,78,90)(H,79,92)(H,94,95)(H,99,100)(H,101,102)(H,103,104)(H2,77,80,96)(H,81,91,97)(H,82,93,98)/b13-7+. The number of rotatable bonds is 55. The number of carboxylic acids is 1. The maximum Gasteiger partial charge on any atom is 0.472 e. The number of phenolic OH excluding ortho intramolecular Hbond substituents is 1. The van der Waals surface area contributed by atoms with Crippen LogP contribution in [0.4, 0.5) is 5.82 Å². The second-order valence-corrected chi connectivity index (χ2v) is 32.5. The fraction of sp³-hybridized carbons (Fsp3) is 0.526. The predicted octanol–water partition coefficient (Wildman–Crippen LogP) is 2.12. The second-order valence-electron chi connectivity index (χ2n) is 28.2. The molecule has 3 aromatic heterocycles. The molecule has 5 aromatic rings. The zero-order valence-electron chi connectivity index (χ0n) is 67.7. The molecule has 2 amide bonds. The lowest BCUT2D eigenvalue weighted by Crippen LogP contribution is -2.33. The molecule has 13 N–H and O–H groups in total. The Kier molecular flexibility index (Phi) is 37.8. The van der Waals surface area contributed by atoms with Crippen molar-refractivity contribution in [2.24, 2.45) is 0 Å². The number of fused-ring (bicyclic) bond motifs is 2. The lowest BCUT2D eigenvalue weighted by atomic mass is 9.89. The average molecular weight is 1820 g/mol. The van der Waals surface area contributed by atoms with E-state index in [-0.39, 0.29) is 182 Å². The van der Waals surface area contributed by atoms with Crippen LogP contribution in [0.2, 0.25) is 0 Å². The molecule has 12 unspecified atom stereocenters. The number of hydrogen-bond donors (Lipinski definition) is 12. The van der Waals surface area contributed by atoms with E-state index in [9.17, 15) is 92.0 Å². The molecule has 49 heteroatoms. The summed E-state index contributed by atoms with van der Waals surface area (Å²) in [5, 5.41) is 47.2. The summed E-state index contributed by atoms with van der Waals surface area (Å²) in [4.78, 5) is 154. The summed E-state index contributed by atoms with van der Waals surface area (Å²) >= 11 is 0. The minimum Gasteiger partial charge on any atom is -0.508 e. The molecule has 0 spiro atoms. The topological polar surface area (TPSA) is 626 Å². The number of H-pyrrole nitrogens is 2. The molecule has 686 valence electrons. The van der Waals surface area contributed by atoms with Crippen molar-refractivity contribution in [2.45, 2.75) is 107 Å². The number of phosphoric acid groups is 3. The van der Waals surface area contributed by atoms with Crippen molar-refractivity contribution in [3.63, 3.8) is 0 Å². The van der Waals surface area contributed by atoms with Gasteiger partial charge in [0.2, 0.25) is 5.91 Å². The van der Waals surface area contributed by atoms with E-state index in [4.69, 9.17) is 89.4 Å². The number of aromatic amines is 2. The number of aliphatic hydroxyl groups is 2. The summed E-state index contributed by atoms with van der Waals surface area (Å²) in [5.74, 6) is -2.40. The van der Waals surface area contributed by atoms with E-state index in [0.29, 0.717) is 47.8 Å². The number of benzene rings is 3. The van der Waals surface area contributed by atoms with E-state index in [1.807, 2.05) is 0 Å². The molecule has 0 bridgehead atoms. The molecule has 125 heavy (non-hydrogen) atoms. The van der Waals surface area contributed by atoms with Gasteiger partial charge in [-0.25, -0.2) is 32.9 Å². The van der Waals surface area contributed by atoms with E-state index in [1.54, 1.807) is 13.0 Å². The molecule has 4 aliphatic heterocycles. The molecule has 3 saturated heterocycles. The molecule has 0 radical (unpaired) electrons. The third-order valence-corrected chi connectivity index (χ3v) is 22.1. The molecule has 46 nitrogen and oxygen atoms in total. The van der Waals surface area contributed by atoms with Crippen LogP contribution in [0.15, 0.2) is 119 Å². The molecule has 0 saturated carbocycles. The summed E-state index contributed by atoms with van der Waals surface area (Å²) in [6, 6.07) is 13.8. The molecule has 10 rings (SSSR count). The lowest BCUT2D eigenvalue weighted by molar-refractivity contribution is -0.116. The predicted molar refractivity (Wildman–Crippen MR) is 435 cm³/mol. The molecule has 3 fully saturated rings. The van der Waals surface area contributed by atoms with Gasteiger partial charge in [-0.1, -0.05) is 12.8 Å². The highest BCUT2D eigenvalue weighted by atomic mass is 31.2. The van der Waals surface area contributed by atoms with Crippen LogP contribution in [0, 0.1) is 6.92 Å². The number of anilines is 1. The number of amides is 2. The van der Waals surface area contributed by atoms with Crippen LogP contribution in [-0.4, -0.2) is 270 Å². The van der Waals surface area contributed by atoms with Crippen molar-refractivity contribution < 1.29 is 147 Å². The van der Waals surface area contributed by atoms with Crippen LogP contribution in [-0.2, 0) is 97.7 Å². The first-order chi connectivity index (χ1) is 59.9. The number of aromatic nitrogens is 6. The Labute approximate surface area is 710 Å². The van der Waals surface area contributed by atoms with Crippen LogP contribution in [0.5, 0.6) is 5.75 Å². The van der Waals surface area contributed by atoms with Crippen molar-refractivity contribution in [2.75, 3.05) is 158 Å². The zero-order valence-corrected chi connectivity index (χ0v) is 70.3. The Balaban J connectivity index is 0.620. The minimum absolute atomic E-state index is 0.0204. The first kappa shape index (κ1) is 98.1. The highest BCUT2D eigenvalue weighted by Crippen LogP contribution is 2.51. The highest BCUT2D eigenvalue weighted by Gasteiger charge is 2.44. The van der Waals surface area contributed by atoms with Gasteiger partial charge >= 0.3 is 46.5 Å². The summed E-state index contributed by atoms with van der Waals surface area (Å²) < 4.78 is 140. The summed E-state index contributed by atoms with van der Waals surface area (Å²) in [6.07, 6.45) is -2.27. The van der Waals surface area contributed by atoms with Crippen LogP contribution in [0.1, 0.15) is 95.5 Å². The number of hydrogen-bond acceptors (Lipinski definition) is 35. The monoisotopic (exact) mass is 1820 g/mol. The van der Waals surface area contributed by atoms with Gasteiger partial charge in [0.1, 0.15) is 66.0 Å². The van der Waals surface area contributed by atoms with Crippen molar-refractivity contribution in [3.05, 3.63) is 170 Å². The zero-order chi connectivity index (χ0) is 89.6. The third-order valence-electron chi connectivity index (χ3n) is 19.1. The number of aromatic carboxylic acids is 1. The Bertz CT molecular complexity index is 5280. The SMILES string of the molecule is Cc1cn(C2CC(O)C(COCCOCCOCCOCCOCCOCCOP(=O)(O)OCC3OC(n4cc(/C=C/C(=O)NCCCCCCNC(=O)c5ccc(C(=O)O)c(-c6c7ccc(=O)cc-7oc7cc(O)ccc67)c5)c(=O)[nH]c4=O)CC3OP(=O)(O)OCCOCCOCCOP(=O)(O)OCC3OC(n4ccc(N)nc4=O)CC3O)O2)c(=O)[nH]c1=O. The molecule has 5 aliphatic rings. The average Bonchev–Trinajstić information content (AvgIpc) is 1.40. The summed E-state index contributed by atoms with van der Waals surface area (Å²) in [5.41, 5.74) is 2.57. The summed E-state index contributed by atoms with van der Waals surface area (Å²) in [6.45, 7) is 0.308. The fourth-order valence-corrected chi connectivity index (χ4v) is 15.3. The first-order valence-electron chi connectivity index (χ1n) is 39.6. The number of ether oxygens (including phenoxy) is 11. The van der Waals surface area contributed by atoms with E-state index in [1.165, 1.54) is 71.6 Å². The van der Waals surface area contributed by atoms with E-state index in [2.05, 4.69) is 25.6 Å². The van der Waals surface area contributed by atoms with E-state index < -0.39 is 164 Å². The van der Waals surface area contributed by atoms with E-state index in [0.717, 1.165) is 27.5 Å². The number of nitrogen functional groups attached to an aromatic ring is 1. The second kappa shape index (κ2) is 48.2. The Morgan fingerprint density at radius 3 is 1.66 bits per heavy atom. The maximum absolute atomic E-state index is 13.5. The molecule has 2 aromatic carbocycles. The molecule has 1 aliphatic carbocycles. The number of phenols is 1. The Morgan fingerprint density at radius 1 is 0.560 bits per heavy atom. The maximum atomic E-state index is 13.5. The van der Waals surface area contributed by atoms with Crippen LogP contribution in [0.25, 0.3) is 39.5 Å². The number of nitrogens with two attached hydrogens (primary N) is 1. The number of carbonyl (C=O) groups excluding carboxylic acids is 2. The number of carbonyl (C=O) groups is 3. The summed E-state index contributed by atoms with van der Waals surface area (Å²) in [7, 11) is -14.7. The lowest BCUT2D eigenvalue weighted by Gasteiger charge is -2.22. The van der Waals surface area contributed by atoms with Gasteiger partial charge < -0.3 is 108 Å². The minimum atomic E-state index is -5.09. The number of aryl methyl sites for hydroxylation is 1. The van der Waals surface area contributed by atoms with Crippen LogP contribution >= 0.6 is 23.5 Å². The number of unbranched alkanes of at least 4 members (excludes halogenated alkanes) is 3. The number of nitrogens with one attached hydrogen (secondary N) is 4. The number of aromatic hydroxyl groups is 1. The fourth-order valence-electron chi connectivity index (χ4n) is 12.9. The largest absolute Gasteiger partial charge is 0.508 e. The van der Waals surface area contributed by atoms with Gasteiger partial charge in [0.05, 0.1) is 162 Å². The van der Waals surface area contributed by atoms with Crippen LogP contribution < -0.4 is 50.0 Å². The van der Waals surface area contributed by atoms with Crippen molar-refractivity contribution in [1.82, 2.24) is 39.3 Å². The van der Waals surface area contributed by atoms with E-state index >= 15 is 0 Å². The van der Waals surface area contributed by atoms with Crippen LogP contribution in [0.3, 0.4) is 0 Å². The van der Waals surface area contributed by atoms with Gasteiger partial charge in [0, 0.05) is 96.8 Å². The van der Waals surface area contributed by atoms with Gasteiger partial charge in [0.25, 0.3) is 17.0 Å². The normalized spacial score (nSPS) is 20.5.